The van der Waals surface area contributed by atoms with Crippen LogP contribution >= 0.6 is 11.6 Å². The Morgan fingerprint density at radius 1 is 1.18 bits per heavy atom. The molecule has 1 aliphatic rings. The number of halogens is 3. The molecule has 3 aromatic rings. The van der Waals surface area contributed by atoms with E-state index in [-0.39, 0.29) is 35.0 Å². The molecule has 1 N–H and O–H groups in total. The van der Waals surface area contributed by atoms with Gasteiger partial charge in [-0.2, -0.15) is 4.80 Å². The molecule has 0 spiro atoms. The molecule has 2 aromatic carbocycles. The highest BCUT2D eigenvalue weighted by atomic mass is 35.5. The van der Waals surface area contributed by atoms with E-state index in [9.17, 15) is 18.4 Å². The van der Waals surface area contributed by atoms with E-state index in [4.69, 9.17) is 11.6 Å². The molecule has 178 valence electrons. The molecule has 0 aliphatic heterocycles. The van der Waals surface area contributed by atoms with Crippen LogP contribution in [0.4, 0.5) is 14.5 Å². The fraction of sp³-hybridized carbons (Fsp3) is 0.348. The molecule has 1 aliphatic carbocycles. The number of anilines is 1. The molecule has 1 fully saturated rings. The highest BCUT2D eigenvalue weighted by Crippen LogP contribution is 2.25. The van der Waals surface area contributed by atoms with Crippen molar-refractivity contribution < 1.29 is 18.4 Å². The number of hydrogen-bond acceptors (Lipinski definition) is 5. The lowest BCUT2D eigenvalue weighted by molar-refractivity contribution is -0.127. The fourth-order valence-corrected chi connectivity index (χ4v) is 4.12. The molecule has 0 saturated heterocycles. The number of nitrogens with zero attached hydrogens (tertiary/aromatic N) is 5. The van der Waals surface area contributed by atoms with Crippen molar-refractivity contribution in [1.82, 2.24) is 25.5 Å². The van der Waals surface area contributed by atoms with Gasteiger partial charge in [-0.3, -0.25) is 14.5 Å². The Kier molecular flexibility index (Phi) is 7.16. The maximum atomic E-state index is 13.8. The average Bonchev–Trinajstić information content (AvgIpc) is 3.49. The van der Waals surface area contributed by atoms with E-state index in [1.807, 2.05) is 0 Å². The van der Waals surface area contributed by atoms with Gasteiger partial charge in [-0.25, -0.2) is 8.78 Å². The normalized spacial score (nSPS) is 14.7. The number of benzene rings is 2. The summed E-state index contributed by atoms with van der Waals surface area (Å²) in [4.78, 5) is 28.6. The smallest absolute Gasteiger partial charge is 0.251 e. The zero-order chi connectivity index (χ0) is 24.2. The second-order valence-electron chi connectivity index (χ2n) is 8.18. The number of tetrazole rings is 1. The third-order valence-corrected chi connectivity index (χ3v) is 6.04. The molecule has 34 heavy (non-hydrogen) atoms. The van der Waals surface area contributed by atoms with Gasteiger partial charge in [-0.15, -0.1) is 10.2 Å². The highest BCUT2D eigenvalue weighted by molar-refractivity contribution is 6.31. The van der Waals surface area contributed by atoms with E-state index in [0.717, 1.165) is 36.5 Å². The summed E-state index contributed by atoms with van der Waals surface area (Å²) in [5, 5.41) is 14.8. The molecule has 1 saturated carbocycles. The molecule has 1 heterocycles. The first-order valence-corrected chi connectivity index (χ1v) is 11.3. The average molecular weight is 489 g/mol. The van der Waals surface area contributed by atoms with Gasteiger partial charge in [0.25, 0.3) is 5.91 Å². The van der Waals surface area contributed by atoms with E-state index in [1.165, 1.54) is 41.3 Å². The van der Waals surface area contributed by atoms with E-state index in [0.29, 0.717) is 5.56 Å². The quantitative estimate of drug-likeness (QED) is 0.546. The van der Waals surface area contributed by atoms with E-state index in [1.54, 1.807) is 6.92 Å². The van der Waals surface area contributed by atoms with Gasteiger partial charge in [0.05, 0.1) is 5.02 Å². The Bertz CT molecular complexity index is 1180. The Morgan fingerprint density at radius 2 is 1.88 bits per heavy atom. The Balaban J connectivity index is 1.56. The van der Waals surface area contributed by atoms with Crippen LogP contribution in [0.25, 0.3) is 11.4 Å². The molecule has 0 bridgehead atoms. The van der Waals surface area contributed by atoms with Gasteiger partial charge in [0.2, 0.25) is 11.7 Å². The lowest BCUT2D eigenvalue weighted by atomic mass is 10.1. The van der Waals surface area contributed by atoms with Gasteiger partial charge in [0, 0.05) is 17.3 Å². The van der Waals surface area contributed by atoms with Crippen molar-refractivity contribution >= 4 is 29.1 Å². The summed E-state index contributed by atoms with van der Waals surface area (Å²) in [7, 11) is 0. The SMILES string of the molecule is C[C@H](C(=O)NC1CCCC1)N(C(=O)Cn1nnc(-c2ccc(F)cc2)n1)c1ccc(F)c(Cl)c1. The summed E-state index contributed by atoms with van der Waals surface area (Å²) in [6, 6.07) is 8.54. The Hall–Kier alpha value is -3.40. The van der Waals surface area contributed by atoms with Crippen molar-refractivity contribution in [3.05, 3.63) is 59.1 Å². The summed E-state index contributed by atoms with van der Waals surface area (Å²) in [6.07, 6.45) is 3.88. The minimum Gasteiger partial charge on any atom is -0.352 e. The zero-order valence-electron chi connectivity index (χ0n) is 18.4. The fourth-order valence-electron chi connectivity index (χ4n) is 3.95. The predicted octanol–water partition coefficient (Wildman–Crippen LogP) is 3.75. The summed E-state index contributed by atoms with van der Waals surface area (Å²) in [5.41, 5.74) is 0.802. The molecule has 0 radical (unpaired) electrons. The van der Waals surface area contributed by atoms with Crippen LogP contribution in [0.1, 0.15) is 32.6 Å². The molecule has 1 aromatic heterocycles. The predicted molar refractivity (Wildman–Crippen MR) is 122 cm³/mol. The van der Waals surface area contributed by atoms with Crippen LogP contribution in [0.2, 0.25) is 5.02 Å². The molecular formula is C23H23ClF2N6O2. The minimum atomic E-state index is -0.894. The van der Waals surface area contributed by atoms with Gasteiger partial charge >= 0.3 is 0 Å². The van der Waals surface area contributed by atoms with Gasteiger partial charge in [0.15, 0.2) is 0 Å². The van der Waals surface area contributed by atoms with Crippen LogP contribution in [0, 0.1) is 11.6 Å². The van der Waals surface area contributed by atoms with Crippen LogP contribution in [-0.4, -0.2) is 44.1 Å². The van der Waals surface area contributed by atoms with Crippen LogP contribution in [0.5, 0.6) is 0 Å². The van der Waals surface area contributed by atoms with E-state index in [2.05, 4.69) is 20.7 Å². The number of carbonyl (C=O) groups excluding carboxylic acids is 2. The number of amides is 2. The molecule has 0 unspecified atom stereocenters. The molecule has 1 atom stereocenters. The van der Waals surface area contributed by atoms with Gasteiger partial charge in [-0.05, 0) is 67.4 Å². The van der Waals surface area contributed by atoms with Gasteiger partial charge < -0.3 is 5.32 Å². The van der Waals surface area contributed by atoms with Gasteiger partial charge in [-0.1, -0.05) is 24.4 Å². The largest absolute Gasteiger partial charge is 0.352 e. The second kappa shape index (κ2) is 10.3. The number of aromatic nitrogens is 4. The topological polar surface area (TPSA) is 93.0 Å². The Labute approximate surface area is 199 Å². The van der Waals surface area contributed by atoms with Crippen molar-refractivity contribution in [1.29, 1.82) is 0 Å². The molecule has 2 amide bonds. The lowest BCUT2D eigenvalue weighted by Gasteiger charge is -2.29. The van der Waals surface area contributed by atoms with Gasteiger partial charge in [0.1, 0.15) is 24.2 Å². The first-order chi connectivity index (χ1) is 16.3. The molecule has 11 heteroatoms. The molecular weight excluding hydrogens is 466 g/mol. The highest BCUT2D eigenvalue weighted by Gasteiger charge is 2.30. The van der Waals surface area contributed by atoms with E-state index < -0.39 is 23.6 Å². The maximum absolute atomic E-state index is 13.8. The third-order valence-electron chi connectivity index (χ3n) is 5.75. The monoisotopic (exact) mass is 488 g/mol. The van der Waals surface area contributed by atoms with Crippen molar-refractivity contribution in [2.24, 2.45) is 0 Å². The number of nitrogens with one attached hydrogen (secondary N) is 1. The van der Waals surface area contributed by atoms with Crippen LogP contribution in [0.15, 0.2) is 42.5 Å². The first kappa shape index (κ1) is 23.7. The third kappa shape index (κ3) is 5.39. The van der Waals surface area contributed by atoms with Crippen molar-refractivity contribution in [3.63, 3.8) is 0 Å². The minimum absolute atomic E-state index is 0.0685. The van der Waals surface area contributed by atoms with Crippen LogP contribution < -0.4 is 10.2 Å². The standard InChI is InChI=1S/C23H23ClF2N6O2/c1-14(23(34)27-17-4-2-3-5-17)32(18-10-11-20(26)19(24)12-18)21(33)13-31-29-22(28-30-31)15-6-8-16(25)9-7-15/h6-12,14,17H,2-5,13H2,1H3,(H,27,34)/t14-/m1/s1. The second-order valence-corrected chi connectivity index (χ2v) is 8.59. The summed E-state index contributed by atoms with van der Waals surface area (Å²) >= 11 is 5.95. The molecule has 8 nitrogen and oxygen atoms in total. The summed E-state index contributed by atoms with van der Waals surface area (Å²) < 4.78 is 26.9. The van der Waals surface area contributed by atoms with Crippen molar-refractivity contribution in [2.45, 2.75) is 51.2 Å². The Morgan fingerprint density at radius 3 is 2.56 bits per heavy atom. The summed E-state index contributed by atoms with van der Waals surface area (Å²) in [6.45, 7) is 1.27. The van der Waals surface area contributed by atoms with Crippen molar-refractivity contribution in [3.8, 4) is 11.4 Å². The molecule has 4 rings (SSSR count). The van der Waals surface area contributed by atoms with E-state index >= 15 is 0 Å². The zero-order valence-corrected chi connectivity index (χ0v) is 19.2. The summed E-state index contributed by atoms with van der Waals surface area (Å²) in [5.74, 6) is -1.65. The maximum Gasteiger partial charge on any atom is 0.251 e. The lowest BCUT2D eigenvalue weighted by Crippen LogP contribution is -2.51. The number of carbonyl (C=O) groups is 2. The first-order valence-electron chi connectivity index (χ1n) is 10.9. The van der Waals surface area contributed by atoms with Crippen LogP contribution in [0.3, 0.4) is 0 Å². The van der Waals surface area contributed by atoms with Crippen molar-refractivity contribution in [2.75, 3.05) is 4.90 Å². The van der Waals surface area contributed by atoms with Crippen LogP contribution in [-0.2, 0) is 16.1 Å². The number of rotatable bonds is 7. The number of hydrogen-bond donors (Lipinski definition) is 1.